The summed E-state index contributed by atoms with van der Waals surface area (Å²) in [4.78, 5) is 2.49. The molecular formula is C14H22N2O3S2. The number of likely N-dealkylation sites (N-methyl/N-ethyl adjacent to an activating group) is 1. The largest absolute Gasteiger partial charge is 0.389 e. The van der Waals surface area contributed by atoms with Crippen molar-refractivity contribution >= 4 is 27.0 Å². The highest BCUT2D eigenvalue weighted by Crippen LogP contribution is 2.12. The first kappa shape index (κ1) is 18.0. The highest BCUT2D eigenvalue weighted by molar-refractivity contribution is 7.91. The van der Waals surface area contributed by atoms with Crippen molar-refractivity contribution in [1.82, 2.24) is 4.90 Å². The zero-order chi connectivity index (χ0) is 15.9. The van der Waals surface area contributed by atoms with Crippen LogP contribution in [0.3, 0.4) is 0 Å². The molecule has 0 saturated carbocycles. The lowest BCUT2D eigenvalue weighted by Gasteiger charge is -2.16. The number of hydrogen-bond donors (Lipinski definition) is 1. The van der Waals surface area contributed by atoms with Gasteiger partial charge in [-0.25, -0.2) is 8.42 Å². The minimum atomic E-state index is -3.29. The molecule has 7 heteroatoms. The Kier molecular flexibility index (Phi) is 7.24. The summed E-state index contributed by atoms with van der Waals surface area (Å²) in [5.74, 6) is 0.0715. The number of hydrogen-bond acceptors (Lipinski definition) is 5. The lowest BCUT2D eigenvalue weighted by atomic mass is 10.2. The maximum absolute atomic E-state index is 12.2. The van der Waals surface area contributed by atoms with Crippen molar-refractivity contribution in [1.29, 1.82) is 0 Å². The highest BCUT2D eigenvalue weighted by atomic mass is 32.2. The molecule has 1 aromatic carbocycles. The number of thiocarbonyl (C=S) groups is 1. The van der Waals surface area contributed by atoms with Crippen LogP contribution in [0.2, 0.25) is 0 Å². The number of nitrogens with two attached hydrogens (primary N) is 1. The van der Waals surface area contributed by atoms with Gasteiger partial charge < -0.3 is 15.4 Å². The first-order valence-corrected chi connectivity index (χ1v) is 8.81. The van der Waals surface area contributed by atoms with Gasteiger partial charge in [-0.2, -0.15) is 0 Å². The maximum atomic E-state index is 12.2. The summed E-state index contributed by atoms with van der Waals surface area (Å²) in [7, 11) is -1.42. The summed E-state index contributed by atoms with van der Waals surface area (Å²) >= 11 is 4.84. The molecule has 0 aliphatic heterocycles. The highest BCUT2D eigenvalue weighted by Gasteiger charge is 2.15. The van der Waals surface area contributed by atoms with E-state index in [0.717, 1.165) is 0 Å². The average Bonchev–Trinajstić information content (AvgIpc) is 2.45. The molecule has 0 aliphatic carbocycles. The Hall–Kier alpha value is -1.02. The molecule has 0 radical (unpaired) electrons. The smallest absolute Gasteiger partial charge is 0.179 e. The van der Waals surface area contributed by atoms with Gasteiger partial charge >= 0.3 is 0 Å². The molecule has 1 aromatic rings. The van der Waals surface area contributed by atoms with Gasteiger partial charge in [0.15, 0.2) is 9.84 Å². The summed E-state index contributed by atoms with van der Waals surface area (Å²) in [5, 5.41) is 0. The van der Waals surface area contributed by atoms with E-state index >= 15 is 0 Å². The van der Waals surface area contributed by atoms with Gasteiger partial charge in [-0.05, 0) is 26.1 Å². The fourth-order valence-corrected chi connectivity index (χ4v) is 3.17. The first-order chi connectivity index (χ1) is 9.86. The van der Waals surface area contributed by atoms with Crippen molar-refractivity contribution < 1.29 is 13.2 Å². The molecule has 0 atom stereocenters. The lowest BCUT2D eigenvalue weighted by Crippen LogP contribution is -2.29. The van der Waals surface area contributed by atoms with Crippen molar-refractivity contribution in [3.05, 3.63) is 29.8 Å². The molecule has 5 nitrogen and oxygen atoms in total. The van der Waals surface area contributed by atoms with Crippen LogP contribution in [0.15, 0.2) is 29.2 Å². The molecule has 2 N–H and O–H groups in total. The lowest BCUT2D eigenvalue weighted by molar-refractivity contribution is 0.124. The predicted octanol–water partition coefficient (Wildman–Crippen LogP) is 1.06. The Morgan fingerprint density at radius 1 is 1.29 bits per heavy atom. The summed E-state index contributed by atoms with van der Waals surface area (Å²) in [6, 6.07) is 6.36. The van der Waals surface area contributed by atoms with Gasteiger partial charge in [-0.15, -0.1) is 0 Å². The van der Waals surface area contributed by atoms with E-state index in [1.165, 1.54) is 0 Å². The molecule has 0 aromatic heterocycles. The molecule has 0 unspecified atom stereocenters. The second-order valence-corrected chi connectivity index (χ2v) is 7.26. The van der Waals surface area contributed by atoms with Crippen LogP contribution in [0.4, 0.5) is 0 Å². The number of sulfone groups is 1. The Morgan fingerprint density at radius 2 is 1.90 bits per heavy atom. The molecule has 0 spiro atoms. The minimum Gasteiger partial charge on any atom is -0.389 e. The molecule has 0 saturated heterocycles. The van der Waals surface area contributed by atoms with Crippen molar-refractivity contribution in [2.75, 3.05) is 39.1 Å². The number of benzene rings is 1. The standard InChI is InChI=1S/C14H22N2O3S2/c1-3-19-10-8-16(2)9-11-21(17,18)13-6-4-12(5-7-13)14(15)20/h4-7H,3,8-11H2,1-2H3,(H2,15,20). The SMILES string of the molecule is CCOCCN(C)CCS(=O)(=O)c1ccc(C(N)=S)cc1. The third-order valence-electron chi connectivity index (χ3n) is 3.06. The summed E-state index contributed by atoms with van der Waals surface area (Å²) in [5.41, 5.74) is 6.16. The Morgan fingerprint density at radius 3 is 2.43 bits per heavy atom. The molecule has 0 heterocycles. The van der Waals surface area contributed by atoms with E-state index < -0.39 is 9.84 Å². The molecule has 0 fully saturated rings. The molecular weight excluding hydrogens is 308 g/mol. The fourth-order valence-electron chi connectivity index (χ4n) is 1.70. The second-order valence-electron chi connectivity index (χ2n) is 4.71. The van der Waals surface area contributed by atoms with E-state index in [1.54, 1.807) is 24.3 Å². The van der Waals surface area contributed by atoms with Crippen LogP contribution < -0.4 is 5.73 Å². The minimum absolute atomic E-state index is 0.0715. The van der Waals surface area contributed by atoms with Gasteiger partial charge in [-0.1, -0.05) is 24.4 Å². The average molecular weight is 330 g/mol. The van der Waals surface area contributed by atoms with Crippen LogP contribution in [0, 0.1) is 0 Å². The van der Waals surface area contributed by atoms with Crippen LogP contribution in [0.5, 0.6) is 0 Å². The van der Waals surface area contributed by atoms with Crippen LogP contribution in [-0.2, 0) is 14.6 Å². The molecule has 0 aliphatic rings. The van der Waals surface area contributed by atoms with E-state index in [0.29, 0.717) is 36.8 Å². The van der Waals surface area contributed by atoms with E-state index in [-0.39, 0.29) is 10.7 Å². The van der Waals surface area contributed by atoms with Gasteiger partial charge in [0, 0.05) is 25.3 Å². The predicted molar refractivity (Wildman–Crippen MR) is 88.4 cm³/mol. The Bertz CT molecular complexity index is 556. The molecule has 1 rings (SSSR count). The van der Waals surface area contributed by atoms with Crippen LogP contribution in [-0.4, -0.2) is 57.4 Å². The van der Waals surface area contributed by atoms with E-state index in [9.17, 15) is 8.42 Å². The van der Waals surface area contributed by atoms with E-state index in [2.05, 4.69) is 0 Å². The Balaban J connectivity index is 2.58. The Labute approximate surface area is 132 Å². The molecule has 118 valence electrons. The number of nitrogens with zero attached hydrogens (tertiary/aromatic N) is 1. The van der Waals surface area contributed by atoms with Gasteiger partial charge in [0.05, 0.1) is 17.3 Å². The van der Waals surface area contributed by atoms with Crippen molar-refractivity contribution in [2.24, 2.45) is 5.73 Å². The van der Waals surface area contributed by atoms with Crippen LogP contribution >= 0.6 is 12.2 Å². The van der Waals surface area contributed by atoms with Crippen molar-refractivity contribution in [2.45, 2.75) is 11.8 Å². The zero-order valence-electron chi connectivity index (χ0n) is 12.4. The van der Waals surface area contributed by atoms with Gasteiger partial charge in [0.1, 0.15) is 4.99 Å². The zero-order valence-corrected chi connectivity index (χ0v) is 14.0. The number of ether oxygens (including phenoxy) is 1. The van der Waals surface area contributed by atoms with Crippen molar-refractivity contribution in [3.8, 4) is 0 Å². The third-order valence-corrected chi connectivity index (χ3v) is 5.01. The topological polar surface area (TPSA) is 72.6 Å². The first-order valence-electron chi connectivity index (χ1n) is 6.75. The molecule has 0 amide bonds. The van der Waals surface area contributed by atoms with Gasteiger partial charge in [0.2, 0.25) is 0 Å². The molecule has 21 heavy (non-hydrogen) atoms. The van der Waals surface area contributed by atoms with E-state index in [1.807, 2.05) is 18.9 Å². The monoisotopic (exact) mass is 330 g/mol. The third kappa shape index (κ3) is 6.09. The maximum Gasteiger partial charge on any atom is 0.179 e. The van der Waals surface area contributed by atoms with Crippen LogP contribution in [0.1, 0.15) is 12.5 Å². The summed E-state index contributed by atoms with van der Waals surface area (Å²) < 4.78 is 29.7. The van der Waals surface area contributed by atoms with Gasteiger partial charge in [-0.3, -0.25) is 0 Å². The second kappa shape index (κ2) is 8.43. The fraction of sp³-hybridized carbons (Fsp3) is 0.500. The quantitative estimate of drug-likeness (QED) is 0.539. The van der Waals surface area contributed by atoms with Gasteiger partial charge in [0.25, 0.3) is 0 Å². The van der Waals surface area contributed by atoms with Crippen LogP contribution in [0.25, 0.3) is 0 Å². The summed E-state index contributed by atoms with van der Waals surface area (Å²) in [6.07, 6.45) is 0. The number of rotatable bonds is 9. The van der Waals surface area contributed by atoms with E-state index in [4.69, 9.17) is 22.7 Å². The summed E-state index contributed by atoms with van der Waals surface area (Å²) in [6.45, 7) is 4.38. The van der Waals surface area contributed by atoms with Crippen molar-refractivity contribution in [3.63, 3.8) is 0 Å². The normalized spacial score (nSPS) is 11.8. The molecule has 0 bridgehead atoms.